The molecule has 1 amide bonds. The number of rotatable bonds is 4. The average molecular weight is 425 g/mol. The molecule has 26 heavy (non-hydrogen) atoms. The van der Waals surface area contributed by atoms with Crippen LogP contribution < -0.4 is 4.90 Å². The first-order valence-corrected chi connectivity index (χ1v) is 10.0. The molecule has 1 aromatic rings. The molecule has 2 fully saturated rings. The molecule has 0 N–H and O–H groups in total. The molecule has 2 aliphatic rings. The van der Waals surface area contributed by atoms with E-state index in [0.29, 0.717) is 29.8 Å². The Morgan fingerprint density at radius 2 is 1.69 bits per heavy atom. The van der Waals surface area contributed by atoms with E-state index < -0.39 is 0 Å². The number of likely N-dealkylation sites (tertiary alicyclic amines) is 1. The van der Waals surface area contributed by atoms with Crippen molar-refractivity contribution in [1.29, 1.82) is 0 Å². The fraction of sp³-hybridized carbons (Fsp3) is 0.611. The number of nitro benzene ring substituents is 1. The smallest absolute Gasteiger partial charge is 0.293 e. The molecule has 3 rings (SSSR count). The van der Waals surface area contributed by atoms with Crippen LogP contribution >= 0.6 is 15.9 Å². The van der Waals surface area contributed by atoms with Crippen LogP contribution in [-0.2, 0) is 4.79 Å². The number of carbonyl (C=O) groups is 1. The van der Waals surface area contributed by atoms with E-state index in [1.165, 1.54) is 12.8 Å². The molecular weight excluding hydrogens is 400 g/mol. The number of halogens is 1. The van der Waals surface area contributed by atoms with E-state index >= 15 is 0 Å². The summed E-state index contributed by atoms with van der Waals surface area (Å²) >= 11 is 3.30. The van der Waals surface area contributed by atoms with Crippen LogP contribution in [-0.4, -0.2) is 66.4 Å². The van der Waals surface area contributed by atoms with E-state index in [0.717, 1.165) is 39.0 Å². The Kier molecular flexibility index (Phi) is 6.48. The Morgan fingerprint density at radius 3 is 2.31 bits per heavy atom. The molecule has 8 heteroatoms. The summed E-state index contributed by atoms with van der Waals surface area (Å²) in [7, 11) is 0. The molecule has 0 aromatic heterocycles. The zero-order valence-corrected chi connectivity index (χ0v) is 16.5. The highest BCUT2D eigenvalue weighted by Crippen LogP contribution is 2.31. The summed E-state index contributed by atoms with van der Waals surface area (Å²) in [4.78, 5) is 29.7. The molecule has 7 nitrogen and oxygen atoms in total. The fourth-order valence-electron chi connectivity index (χ4n) is 3.67. The Morgan fingerprint density at radius 1 is 1.04 bits per heavy atom. The second kappa shape index (κ2) is 8.81. The van der Waals surface area contributed by atoms with Gasteiger partial charge in [-0.3, -0.25) is 19.8 Å². The topological polar surface area (TPSA) is 69.9 Å². The zero-order chi connectivity index (χ0) is 18.5. The summed E-state index contributed by atoms with van der Waals surface area (Å²) in [5, 5.41) is 11.3. The first-order valence-electron chi connectivity index (χ1n) is 9.23. The number of hydrogen-bond acceptors (Lipinski definition) is 5. The van der Waals surface area contributed by atoms with Crippen LogP contribution in [0.25, 0.3) is 0 Å². The third-order valence-electron chi connectivity index (χ3n) is 5.16. The molecule has 0 radical (unpaired) electrons. The normalized spacial score (nSPS) is 19.3. The lowest BCUT2D eigenvalue weighted by Gasteiger charge is -2.36. The molecule has 0 unspecified atom stereocenters. The zero-order valence-electron chi connectivity index (χ0n) is 14.9. The van der Waals surface area contributed by atoms with Gasteiger partial charge in [0.15, 0.2) is 0 Å². The number of hydrogen-bond donors (Lipinski definition) is 0. The molecule has 0 aliphatic carbocycles. The van der Waals surface area contributed by atoms with E-state index in [-0.39, 0.29) is 16.5 Å². The van der Waals surface area contributed by atoms with Gasteiger partial charge in [-0.15, -0.1) is 0 Å². The summed E-state index contributed by atoms with van der Waals surface area (Å²) in [5.41, 5.74) is 0.769. The SMILES string of the molecule is O=C(CN1CCN(c2ccc(Br)cc2[N+](=O)[O-])CC1)N1CCCCCC1. The lowest BCUT2D eigenvalue weighted by atomic mass is 10.2. The maximum absolute atomic E-state index is 12.5. The van der Waals surface area contributed by atoms with Gasteiger partial charge in [0, 0.05) is 49.8 Å². The van der Waals surface area contributed by atoms with Gasteiger partial charge < -0.3 is 9.80 Å². The van der Waals surface area contributed by atoms with E-state index in [1.807, 2.05) is 15.9 Å². The van der Waals surface area contributed by atoms with E-state index in [2.05, 4.69) is 20.8 Å². The van der Waals surface area contributed by atoms with Crippen LogP contribution in [0.15, 0.2) is 22.7 Å². The maximum atomic E-state index is 12.5. The second-order valence-corrected chi connectivity index (χ2v) is 7.86. The van der Waals surface area contributed by atoms with Gasteiger partial charge in [0.2, 0.25) is 5.91 Å². The minimum Gasteiger partial charge on any atom is -0.363 e. The van der Waals surface area contributed by atoms with Gasteiger partial charge in [-0.25, -0.2) is 0 Å². The Balaban J connectivity index is 1.56. The molecule has 2 heterocycles. The Hall–Kier alpha value is -1.67. The monoisotopic (exact) mass is 424 g/mol. The van der Waals surface area contributed by atoms with E-state index in [1.54, 1.807) is 12.1 Å². The number of piperazine rings is 1. The van der Waals surface area contributed by atoms with Crippen molar-refractivity contribution in [3.63, 3.8) is 0 Å². The van der Waals surface area contributed by atoms with Crippen molar-refractivity contribution in [1.82, 2.24) is 9.80 Å². The van der Waals surface area contributed by atoms with Crippen molar-refractivity contribution in [2.75, 3.05) is 50.7 Å². The number of nitro groups is 1. The third-order valence-corrected chi connectivity index (χ3v) is 5.66. The van der Waals surface area contributed by atoms with Crippen molar-refractivity contribution in [3.8, 4) is 0 Å². The largest absolute Gasteiger partial charge is 0.363 e. The molecule has 2 aliphatic heterocycles. The molecule has 0 saturated carbocycles. The molecule has 0 atom stereocenters. The van der Waals surface area contributed by atoms with E-state index in [4.69, 9.17) is 0 Å². The molecule has 142 valence electrons. The van der Waals surface area contributed by atoms with Crippen molar-refractivity contribution >= 4 is 33.2 Å². The highest BCUT2D eigenvalue weighted by atomic mass is 79.9. The lowest BCUT2D eigenvalue weighted by Crippen LogP contribution is -2.50. The number of benzene rings is 1. The van der Waals surface area contributed by atoms with Crippen LogP contribution in [0.3, 0.4) is 0 Å². The number of anilines is 1. The Bertz CT molecular complexity index is 654. The summed E-state index contributed by atoms with van der Waals surface area (Å²) in [5.74, 6) is 0.218. The van der Waals surface area contributed by atoms with Crippen LogP contribution in [0, 0.1) is 10.1 Å². The van der Waals surface area contributed by atoms with Gasteiger partial charge in [0.25, 0.3) is 5.69 Å². The van der Waals surface area contributed by atoms with Gasteiger partial charge in [-0.2, -0.15) is 0 Å². The van der Waals surface area contributed by atoms with Gasteiger partial charge in [-0.05, 0) is 25.0 Å². The predicted octanol–water partition coefficient (Wildman–Crippen LogP) is 2.88. The van der Waals surface area contributed by atoms with Crippen LogP contribution in [0.4, 0.5) is 11.4 Å². The molecule has 0 bridgehead atoms. The number of nitrogens with zero attached hydrogens (tertiary/aromatic N) is 4. The van der Waals surface area contributed by atoms with Crippen LogP contribution in [0.2, 0.25) is 0 Å². The van der Waals surface area contributed by atoms with Gasteiger partial charge in [-0.1, -0.05) is 28.8 Å². The van der Waals surface area contributed by atoms with Crippen molar-refractivity contribution in [2.45, 2.75) is 25.7 Å². The highest BCUT2D eigenvalue weighted by Gasteiger charge is 2.26. The molecule has 2 saturated heterocycles. The maximum Gasteiger partial charge on any atom is 0.293 e. The van der Waals surface area contributed by atoms with E-state index in [9.17, 15) is 14.9 Å². The minimum atomic E-state index is -0.338. The molecule has 0 spiro atoms. The minimum absolute atomic E-state index is 0.119. The summed E-state index contributed by atoms with van der Waals surface area (Å²) in [6, 6.07) is 5.17. The summed E-state index contributed by atoms with van der Waals surface area (Å²) in [6.07, 6.45) is 4.64. The fourth-order valence-corrected chi connectivity index (χ4v) is 4.02. The summed E-state index contributed by atoms with van der Waals surface area (Å²) in [6.45, 7) is 5.08. The van der Waals surface area contributed by atoms with Crippen molar-refractivity contribution in [3.05, 3.63) is 32.8 Å². The second-order valence-electron chi connectivity index (χ2n) is 6.95. The third kappa shape index (κ3) is 4.73. The van der Waals surface area contributed by atoms with Gasteiger partial charge >= 0.3 is 0 Å². The van der Waals surface area contributed by atoms with Crippen LogP contribution in [0.1, 0.15) is 25.7 Å². The highest BCUT2D eigenvalue weighted by molar-refractivity contribution is 9.10. The summed E-state index contributed by atoms with van der Waals surface area (Å²) < 4.78 is 0.703. The van der Waals surface area contributed by atoms with Gasteiger partial charge in [0.05, 0.1) is 11.5 Å². The Labute approximate surface area is 162 Å². The van der Waals surface area contributed by atoms with Crippen molar-refractivity contribution < 1.29 is 9.72 Å². The standard InChI is InChI=1S/C18H25BrN4O3/c19-15-5-6-16(17(13-15)23(25)26)21-11-9-20(10-12-21)14-18(24)22-7-3-1-2-4-8-22/h5-6,13H,1-4,7-12,14H2. The first-order chi connectivity index (χ1) is 12.5. The van der Waals surface area contributed by atoms with Gasteiger partial charge in [0.1, 0.15) is 5.69 Å². The lowest BCUT2D eigenvalue weighted by molar-refractivity contribution is -0.384. The molecular formula is C18H25BrN4O3. The number of carbonyl (C=O) groups excluding carboxylic acids is 1. The van der Waals surface area contributed by atoms with Crippen LogP contribution in [0.5, 0.6) is 0 Å². The average Bonchev–Trinajstić information content (AvgIpc) is 2.92. The molecule has 1 aromatic carbocycles. The first kappa shape index (κ1) is 19.1. The predicted molar refractivity (Wildman–Crippen MR) is 104 cm³/mol. The van der Waals surface area contributed by atoms with Crippen molar-refractivity contribution in [2.24, 2.45) is 0 Å². The quantitative estimate of drug-likeness (QED) is 0.548. The number of amides is 1.